The van der Waals surface area contributed by atoms with Crippen LogP contribution in [0, 0.1) is 11.3 Å². The lowest BCUT2D eigenvalue weighted by atomic mass is 10.4. The van der Waals surface area contributed by atoms with Crippen LogP contribution in [0.2, 0.25) is 5.02 Å². The third-order valence-corrected chi connectivity index (χ3v) is 3.25. The first kappa shape index (κ1) is 13.8. The first-order chi connectivity index (χ1) is 8.95. The van der Waals surface area contributed by atoms with E-state index in [1.165, 1.54) is 17.9 Å². The van der Waals surface area contributed by atoms with Crippen molar-refractivity contribution in [3.63, 3.8) is 0 Å². The van der Waals surface area contributed by atoms with Gasteiger partial charge < -0.3 is 4.74 Å². The molecule has 6 nitrogen and oxygen atoms in total. The first-order valence-electron chi connectivity index (χ1n) is 4.77. The van der Waals surface area contributed by atoms with E-state index in [9.17, 15) is 8.78 Å². The van der Waals surface area contributed by atoms with E-state index >= 15 is 0 Å². The zero-order valence-corrected chi connectivity index (χ0v) is 11.7. The van der Waals surface area contributed by atoms with Crippen molar-refractivity contribution in [3.05, 3.63) is 21.4 Å². The van der Waals surface area contributed by atoms with Crippen molar-refractivity contribution >= 4 is 27.5 Å². The summed E-state index contributed by atoms with van der Waals surface area (Å²) in [4.78, 5) is 0. The molecule has 0 N–H and O–H groups in total. The average molecular weight is 353 g/mol. The minimum Gasteiger partial charge on any atom is -0.415 e. The lowest BCUT2D eigenvalue weighted by Gasteiger charge is -2.03. The third kappa shape index (κ3) is 2.41. The minimum atomic E-state index is -3.02. The van der Waals surface area contributed by atoms with E-state index in [2.05, 4.69) is 30.9 Å². The van der Waals surface area contributed by atoms with E-state index < -0.39 is 6.61 Å². The SMILES string of the molecule is Cn1nc(-n2ncc(C#N)c2Br)c(Cl)c1OC(F)F. The topological polar surface area (TPSA) is 68.7 Å². The van der Waals surface area contributed by atoms with Gasteiger partial charge in [-0.2, -0.15) is 19.1 Å². The van der Waals surface area contributed by atoms with Gasteiger partial charge in [-0.1, -0.05) is 11.6 Å². The largest absolute Gasteiger partial charge is 0.415 e. The Morgan fingerprint density at radius 2 is 2.26 bits per heavy atom. The highest BCUT2D eigenvalue weighted by molar-refractivity contribution is 9.10. The maximum absolute atomic E-state index is 12.2. The van der Waals surface area contributed by atoms with Gasteiger partial charge in [-0.3, -0.25) is 0 Å². The maximum Gasteiger partial charge on any atom is 0.388 e. The molecule has 0 aliphatic carbocycles. The number of aryl methyl sites for hydroxylation is 1. The van der Waals surface area contributed by atoms with E-state index in [1.54, 1.807) is 0 Å². The van der Waals surface area contributed by atoms with Crippen molar-refractivity contribution in [1.82, 2.24) is 19.6 Å². The second kappa shape index (κ2) is 5.14. The molecule has 0 unspecified atom stereocenters. The number of nitrogens with zero attached hydrogens (tertiary/aromatic N) is 5. The fraction of sp³-hybridized carbons (Fsp3) is 0.222. The second-order valence-corrected chi connectivity index (χ2v) is 4.45. The molecule has 0 fully saturated rings. The van der Waals surface area contributed by atoms with Crippen LogP contribution in [0.3, 0.4) is 0 Å². The van der Waals surface area contributed by atoms with Crippen LogP contribution in [0.5, 0.6) is 5.88 Å². The summed E-state index contributed by atoms with van der Waals surface area (Å²) < 4.78 is 31.3. The van der Waals surface area contributed by atoms with E-state index in [0.29, 0.717) is 4.60 Å². The minimum absolute atomic E-state index is 0.0770. The fourth-order valence-electron chi connectivity index (χ4n) is 1.37. The molecule has 19 heavy (non-hydrogen) atoms. The number of nitriles is 1. The van der Waals surface area contributed by atoms with Crippen LogP contribution < -0.4 is 4.74 Å². The molecule has 0 radical (unpaired) electrons. The monoisotopic (exact) mass is 351 g/mol. The summed E-state index contributed by atoms with van der Waals surface area (Å²) in [6, 6.07) is 1.90. The number of hydrogen-bond donors (Lipinski definition) is 0. The number of aromatic nitrogens is 4. The summed E-state index contributed by atoms with van der Waals surface area (Å²) in [5.74, 6) is -0.208. The second-order valence-electron chi connectivity index (χ2n) is 3.32. The average Bonchev–Trinajstić information content (AvgIpc) is 2.83. The molecule has 0 saturated carbocycles. The van der Waals surface area contributed by atoms with Gasteiger partial charge in [0.2, 0.25) is 5.88 Å². The van der Waals surface area contributed by atoms with Gasteiger partial charge in [0.1, 0.15) is 21.3 Å². The standard InChI is InChI=1S/C9H5BrClF2N5O/c1-17-8(19-9(12)13)5(11)7(16-17)18-6(10)4(2-14)3-15-18/h3,9H,1H3. The van der Waals surface area contributed by atoms with Gasteiger partial charge in [-0.15, -0.1) is 5.10 Å². The van der Waals surface area contributed by atoms with Crippen molar-refractivity contribution in [1.29, 1.82) is 5.26 Å². The van der Waals surface area contributed by atoms with Crippen LogP contribution in [-0.2, 0) is 7.05 Å². The summed E-state index contributed by atoms with van der Waals surface area (Å²) in [5.41, 5.74) is 0.262. The Hall–Kier alpha value is -1.66. The van der Waals surface area contributed by atoms with Gasteiger partial charge in [-0.05, 0) is 15.9 Å². The molecule has 10 heteroatoms. The summed E-state index contributed by atoms with van der Waals surface area (Å²) in [5, 5.41) is 16.5. The van der Waals surface area contributed by atoms with E-state index in [-0.39, 0.29) is 22.3 Å². The molecule has 0 aromatic carbocycles. The van der Waals surface area contributed by atoms with Crippen LogP contribution in [0.15, 0.2) is 10.8 Å². The molecule has 2 rings (SSSR count). The van der Waals surface area contributed by atoms with Gasteiger partial charge in [0.15, 0.2) is 5.82 Å². The molecule has 0 spiro atoms. The van der Waals surface area contributed by atoms with E-state index in [4.69, 9.17) is 16.9 Å². The molecule has 0 aliphatic rings. The van der Waals surface area contributed by atoms with Gasteiger partial charge in [0.25, 0.3) is 0 Å². The molecule has 0 atom stereocenters. The summed E-state index contributed by atoms with van der Waals surface area (Å²) in [6.45, 7) is -3.02. The molecule has 0 saturated heterocycles. The summed E-state index contributed by atoms with van der Waals surface area (Å²) in [7, 11) is 1.40. The lowest BCUT2D eigenvalue weighted by molar-refractivity contribution is -0.0552. The number of ether oxygens (including phenoxy) is 1. The van der Waals surface area contributed by atoms with Crippen LogP contribution in [-0.4, -0.2) is 26.2 Å². The zero-order chi connectivity index (χ0) is 14.2. The Balaban J connectivity index is 2.52. The number of hydrogen-bond acceptors (Lipinski definition) is 4. The maximum atomic E-state index is 12.2. The third-order valence-electron chi connectivity index (χ3n) is 2.16. The van der Waals surface area contributed by atoms with Crippen molar-refractivity contribution in [2.45, 2.75) is 6.61 Å². The molecule has 100 valence electrons. The van der Waals surface area contributed by atoms with Gasteiger partial charge >= 0.3 is 6.61 Å². The molecule has 0 amide bonds. The van der Waals surface area contributed by atoms with E-state index in [0.717, 1.165) is 4.68 Å². The first-order valence-corrected chi connectivity index (χ1v) is 5.94. The predicted molar refractivity (Wildman–Crippen MR) is 64.4 cm³/mol. The predicted octanol–water partition coefficient (Wildman–Crippen LogP) is 2.49. The number of halogens is 4. The molecule has 2 aromatic rings. The Bertz CT molecular complexity index is 662. The van der Waals surface area contributed by atoms with Crippen molar-refractivity contribution < 1.29 is 13.5 Å². The Morgan fingerprint density at radius 3 is 2.79 bits per heavy atom. The van der Waals surface area contributed by atoms with Crippen molar-refractivity contribution in [2.24, 2.45) is 7.05 Å². The molecular weight excluding hydrogens is 347 g/mol. The highest BCUT2D eigenvalue weighted by atomic mass is 79.9. The van der Waals surface area contributed by atoms with Gasteiger partial charge in [0.05, 0.1) is 6.20 Å². The molecule has 2 heterocycles. The summed E-state index contributed by atoms with van der Waals surface area (Å²) >= 11 is 9.07. The smallest absolute Gasteiger partial charge is 0.388 e. The fourth-order valence-corrected chi connectivity index (χ4v) is 2.11. The van der Waals surface area contributed by atoms with Crippen LogP contribution >= 0.6 is 27.5 Å². The highest BCUT2D eigenvalue weighted by Crippen LogP contribution is 2.33. The molecule has 0 bridgehead atoms. The summed E-state index contributed by atoms with van der Waals surface area (Å²) in [6.07, 6.45) is 1.29. The normalized spacial score (nSPS) is 10.8. The Labute approximate surface area is 119 Å². The number of alkyl halides is 2. The number of rotatable bonds is 3. The Morgan fingerprint density at radius 1 is 1.58 bits per heavy atom. The zero-order valence-electron chi connectivity index (χ0n) is 9.31. The Kier molecular flexibility index (Phi) is 3.73. The molecule has 0 aliphatic heterocycles. The lowest BCUT2D eigenvalue weighted by Crippen LogP contribution is -2.06. The van der Waals surface area contributed by atoms with E-state index in [1.807, 2.05) is 6.07 Å². The quantitative estimate of drug-likeness (QED) is 0.851. The van der Waals surface area contributed by atoms with Crippen LogP contribution in [0.4, 0.5) is 8.78 Å². The molecular formula is C9H5BrClF2N5O. The van der Waals surface area contributed by atoms with Crippen molar-refractivity contribution in [3.8, 4) is 17.8 Å². The molecule has 2 aromatic heterocycles. The van der Waals surface area contributed by atoms with Gasteiger partial charge in [0, 0.05) is 7.05 Å². The highest BCUT2D eigenvalue weighted by Gasteiger charge is 2.22. The van der Waals surface area contributed by atoms with Crippen LogP contribution in [0.1, 0.15) is 5.56 Å². The van der Waals surface area contributed by atoms with Gasteiger partial charge in [-0.25, -0.2) is 9.36 Å². The van der Waals surface area contributed by atoms with Crippen LogP contribution in [0.25, 0.3) is 5.82 Å². The van der Waals surface area contributed by atoms with Crippen molar-refractivity contribution in [2.75, 3.05) is 0 Å².